The topological polar surface area (TPSA) is 68.2 Å². The van der Waals surface area contributed by atoms with Crippen LogP contribution in [0.4, 0.5) is 5.82 Å². The minimum Gasteiger partial charge on any atom is -0.383 e. The Morgan fingerprint density at radius 1 is 1.31 bits per heavy atom. The maximum atomic E-state index is 12.2. The van der Waals surface area contributed by atoms with Crippen LogP contribution in [0.1, 0.15) is 26.5 Å². The summed E-state index contributed by atoms with van der Waals surface area (Å²) in [4.78, 5) is 12.2. The molecule has 144 valence electrons. The molecule has 0 bridgehead atoms. The first-order chi connectivity index (χ1) is 11.8. The Hall–Kier alpha value is -1.60. The van der Waals surface area contributed by atoms with Gasteiger partial charge in [0.2, 0.25) is 5.91 Å². The molecular weight excluding hydrogens is 375 g/mol. The first-order valence-corrected chi connectivity index (χ1v) is 8.55. The van der Waals surface area contributed by atoms with Gasteiger partial charge in [-0.1, -0.05) is 38.4 Å². The number of hydrogen-bond acceptors (Lipinski definition) is 4. The molecule has 0 saturated carbocycles. The largest absolute Gasteiger partial charge is 0.383 e. The number of rotatable bonds is 7. The van der Waals surface area contributed by atoms with Crippen LogP contribution in [0.5, 0.6) is 0 Å². The lowest BCUT2D eigenvalue weighted by Gasteiger charge is -2.14. The van der Waals surface area contributed by atoms with E-state index in [-0.39, 0.29) is 30.3 Å². The molecule has 0 spiro atoms. The second-order valence-corrected chi connectivity index (χ2v) is 7.21. The molecule has 26 heavy (non-hydrogen) atoms. The molecule has 6 nitrogen and oxygen atoms in total. The summed E-state index contributed by atoms with van der Waals surface area (Å²) >= 11 is 6.10. The zero-order chi connectivity index (χ0) is 18.4. The van der Waals surface area contributed by atoms with Gasteiger partial charge in [-0.25, -0.2) is 4.68 Å². The van der Waals surface area contributed by atoms with Crippen molar-refractivity contribution < 1.29 is 9.53 Å². The number of carbonyl (C=O) groups excluding carboxylic acids is 1. The van der Waals surface area contributed by atoms with Crippen molar-refractivity contribution in [2.75, 3.05) is 32.1 Å². The summed E-state index contributed by atoms with van der Waals surface area (Å²) in [6, 6.07) is 9.27. The highest BCUT2D eigenvalue weighted by atomic mass is 35.5. The summed E-state index contributed by atoms with van der Waals surface area (Å²) in [7, 11) is 1.62. The first-order valence-electron chi connectivity index (χ1n) is 8.17. The van der Waals surface area contributed by atoms with Crippen LogP contribution in [0.15, 0.2) is 30.3 Å². The highest BCUT2D eigenvalue weighted by molar-refractivity contribution is 6.30. The Balaban J connectivity index is 0.00000338. The van der Waals surface area contributed by atoms with Gasteiger partial charge in [-0.2, -0.15) is 5.10 Å². The van der Waals surface area contributed by atoms with Crippen LogP contribution in [-0.2, 0) is 14.9 Å². The van der Waals surface area contributed by atoms with Gasteiger partial charge in [-0.3, -0.25) is 4.79 Å². The first kappa shape index (κ1) is 22.4. The van der Waals surface area contributed by atoms with Crippen LogP contribution < -0.4 is 10.6 Å². The van der Waals surface area contributed by atoms with E-state index in [0.29, 0.717) is 24.0 Å². The van der Waals surface area contributed by atoms with E-state index in [1.54, 1.807) is 17.9 Å². The summed E-state index contributed by atoms with van der Waals surface area (Å²) in [5.74, 6) is 0.477. The SMILES string of the molecule is COCCNCC(=O)Nc1cc(C(C)(C)C)nn1-c1cccc(Cl)c1.Cl. The number of amides is 1. The molecule has 1 aromatic heterocycles. The highest BCUT2D eigenvalue weighted by Crippen LogP contribution is 2.27. The molecule has 0 atom stereocenters. The van der Waals surface area contributed by atoms with Gasteiger partial charge in [0, 0.05) is 30.2 Å². The Kier molecular flexibility index (Phi) is 8.56. The van der Waals surface area contributed by atoms with Crippen molar-refractivity contribution in [2.45, 2.75) is 26.2 Å². The summed E-state index contributed by atoms with van der Waals surface area (Å²) in [5.41, 5.74) is 1.54. The van der Waals surface area contributed by atoms with Crippen molar-refractivity contribution in [2.24, 2.45) is 0 Å². The summed E-state index contributed by atoms with van der Waals surface area (Å²) in [5, 5.41) is 11.2. The third-order valence-electron chi connectivity index (χ3n) is 3.57. The number of ether oxygens (including phenoxy) is 1. The fourth-order valence-corrected chi connectivity index (χ4v) is 2.39. The van der Waals surface area contributed by atoms with Crippen LogP contribution in [0.3, 0.4) is 0 Å². The van der Waals surface area contributed by atoms with E-state index in [1.807, 2.05) is 24.3 Å². The number of aromatic nitrogens is 2. The van der Waals surface area contributed by atoms with Gasteiger partial charge in [0.25, 0.3) is 0 Å². The molecule has 1 amide bonds. The number of methoxy groups -OCH3 is 1. The molecular formula is C18H26Cl2N4O2. The van der Waals surface area contributed by atoms with Crippen molar-refractivity contribution in [3.8, 4) is 5.69 Å². The maximum Gasteiger partial charge on any atom is 0.239 e. The van der Waals surface area contributed by atoms with Crippen LogP contribution in [0.2, 0.25) is 5.02 Å². The lowest BCUT2D eigenvalue weighted by atomic mass is 9.92. The summed E-state index contributed by atoms with van der Waals surface area (Å²) in [6.45, 7) is 7.61. The van der Waals surface area contributed by atoms with Crippen molar-refractivity contribution in [3.63, 3.8) is 0 Å². The number of hydrogen-bond donors (Lipinski definition) is 2. The number of halogens is 2. The Bertz CT molecular complexity index is 726. The van der Waals surface area contributed by atoms with E-state index in [1.165, 1.54) is 0 Å². The average molecular weight is 401 g/mol. The number of benzene rings is 1. The van der Waals surface area contributed by atoms with Crippen LogP contribution >= 0.6 is 24.0 Å². The molecule has 2 N–H and O–H groups in total. The van der Waals surface area contributed by atoms with E-state index in [9.17, 15) is 4.79 Å². The van der Waals surface area contributed by atoms with Gasteiger partial charge in [0.05, 0.1) is 24.5 Å². The minimum absolute atomic E-state index is 0. The number of carbonyl (C=O) groups is 1. The fraction of sp³-hybridized carbons (Fsp3) is 0.444. The maximum absolute atomic E-state index is 12.2. The predicted molar refractivity (Wildman–Crippen MR) is 108 cm³/mol. The van der Waals surface area contributed by atoms with Gasteiger partial charge in [-0.05, 0) is 18.2 Å². The van der Waals surface area contributed by atoms with Crippen LogP contribution in [-0.4, -0.2) is 42.5 Å². The Morgan fingerprint density at radius 2 is 2.04 bits per heavy atom. The van der Waals surface area contributed by atoms with Crippen molar-refractivity contribution in [1.82, 2.24) is 15.1 Å². The zero-order valence-electron chi connectivity index (χ0n) is 15.5. The molecule has 0 saturated heterocycles. The molecule has 8 heteroatoms. The van der Waals surface area contributed by atoms with Gasteiger partial charge in [-0.15, -0.1) is 12.4 Å². The van der Waals surface area contributed by atoms with Gasteiger partial charge in [0.15, 0.2) is 0 Å². The molecule has 2 aromatic rings. The van der Waals surface area contributed by atoms with Crippen LogP contribution in [0.25, 0.3) is 5.69 Å². The summed E-state index contributed by atoms with van der Waals surface area (Å²) < 4.78 is 6.66. The van der Waals surface area contributed by atoms with Gasteiger partial charge in [0.1, 0.15) is 5.82 Å². The number of anilines is 1. The number of nitrogens with zero attached hydrogens (tertiary/aromatic N) is 2. The second-order valence-electron chi connectivity index (χ2n) is 6.77. The average Bonchev–Trinajstić information content (AvgIpc) is 2.95. The van der Waals surface area contributed by atoms with Crippen molar-refractivity contribution in [1.29, 1.82) is 0 Å². The van der Waals surface area contributed by atoms with Crippen LogP contribution in [0, 0.1) is 0 Å². The molecule has 0 fully saturated rings. The van der Waals surface area contributed by atoms with E-state index >= 15 is 0 Å². The molecule has 0 aliphatic carbocycles. The standard InChI is InChI=1S/C18H25ClN4O2.ClH/c1-18(2,3)15-11-16(21-17(24)12-20-8-9-25-4)23(22-15)14-7-5-6-13(19)10-14;/h5-7,10-11,20H,8-9,12H2,1-4H3,(H,21,24);1H. The number of nitrogens with one attached hydrogen (secondary N) is 2. The molecule has 1 aromatic carbocycles. The van der Waals surface area contributed by atoms with E-state index in [4.69, 9.17) is 16.3 Å². The molecule has 2 rings (SSSR count). The molecule has 1 heterocycles. The zero-order valence-corrected chi connectivity index (χ0v) is 17.1. The minimum atomic E-state index is -0.139. The third-order valence-corrected chi connectivity index (χ3v) is 3.80. The normalized spacial score (nSPS) is 11.1. The molecule has 0 unspecified atom stereocenters. The summed E-state index contributed by atoms with van der Waals surface area (Å²) in [6.07, 6.45) is 0. The molecule has 0 aliphatic rings. The molecule has 0 aliphatic heterocycles. The predicted octanol–water partition coefficient (Wildman–Crippen LogP) is 3.42. The lowest BCUT2D eigenvalue weighted by molar-refractivity contribution is -0.115. The lowest BCUT2D eigenvalue weighted by Crippen LogP contribution is -2.30. The smallest absolute Gasteiger partial charge is 0.239 e. The van der Waals surface area contributed by atoms with Gasteiger partial charge < -0.3 is 15.4 Å². The van der Waals surface area contributed by atoms with E-state index in [2.05, 4.69) is 36.5 Å². The monoisotopic (exact) mass is 400 g/mol. The van der Waals surface area contributed by atoms with Crippen molar-refractivity contribution in [3.05, 3.63) is 41.0 Å². The third kappa shape index (κ3) is 6.29. The van der Waals surface area contributed by atoms with E-state index in [0.717, 1.165) is 11.4 Å². The van der Waals surface area contributed by atoms with E-state index < -0.39 is 0 Å². The highest BCUT2D eigenvalue weighted by Gasteiger charge is 2.21. The second kappa shape index (κ2) is 9.92. The Morgan fingerprint density at radius 3 is 2.65 bits per heavy atom. The fourth-order valence-electron chi connectivity index (χ4n) is 2.20. The van der Waals surface area contributed by atoms with Crippen molar-refractivity contribution >= 4 is 35.7 Å². The molecule has 0 radical (unpaired) electrons. The van der Waals surface area contributed by atoms with Gasteiger partial charge >= 0.3 is 0 Å². The Labute approximate surface area is 165 Å². The quantitative estimate of drug-likeness (QED) is 0.698.